The predicted molar refractivity (Wildman–Crippen MR) is 250 cm³/mol. The molecular weight excluding hydrogens is 755 g/mol. The van der Waals surface area contributed by atoms with E-state index in [4.69, 9.17) is 19.7 Å². The van der Waals surface area contributed by atoms with Crippen molar-refractivity contribution < 1.29 is 4.74 Å². The Balaban J connectivity index is 1.01. The Morgan fingerprint density at radius 2 is 0.645 bits per heavy atom. The molecule has 2 aliphatic rings. The van der Waals surface area contributed by atoms with Crippen molar-refractivity contribution in [2.45, 2.75) is 5.41 Å². The summed E-state index contributed by atoms with van der Waals surface area (Å²) in [5.74, 6) is 3.51. The zero-order chi connectivity index (χ0) is 41.0. The van der Waals surface area contributed by atoms with Crippen molar-refractivity contribution in [2.24, 2.45) is 0 Å². The van der Waals surface area contributed by atoms with Crippen molar-refractivity contribution in [3.63, 3.8) is 0 Å². The third kappa shape index (κ3) is 5.72. The van der Waals surface area contributed by atoms with Gasteiger partial charge in [0, 0.05) is 27.8 Å². The summed E-state index contributed by atoms with van der Waals surface area (Å²) in [5, 5.41) is 0. The topological polar surface area (TPSA) is 47.9 Å². The van der Waals surface area contributed by atoms with Crippen molar-refractivity contribution in [3.8, 4) is 90.2 Å². The van der Waals surface area contributed by atoms with Crippen LogP contribution in [0.3, 0.4) is 0 Å². The number of para-hydroxylation sites is 1. The van der Waals surface area contributed by atoms with E-state index in [0.717, 1.165) is 72.7 Å². The highest BCUT2D eigenvalue weighted by Gasteiger charge is 2.50. The van der Waals surface area contributed by atoms with Gasteiger partial charge in [0.15, 0.2) is 17.5 Å². The van der Waals surface area contributed by atoms with Crippen LogP contribution in [0.15, 0.2) is 224 Å². The quantitative estimate of drug-likeness (QED) is 0.168. The van der Waals surface area contributed by atoms with Gasteiger partial charge in [0.1, 0.15) is 11.5 Å². The SMILES string of the molecule is c1ccc(-c2ccc(-c3nc(-c4ccc(-c5ccccc5)cc4)nc(-c4ccccc4-c4ccc5c(c4)Oc4ccccc4C54c5ccccc5-c5ccccc54)n3)cc2)cc1. The Bertz CT molecular complexity index is 3160. The molecule has 0 atom stereocenters. The highest BCUT2D eigenvalue weighted by atomic mass is 16.5. The molecule has 290 valence electrons. The molecule has 0 amide bonds. The highest BCUT2D eigenvalue weighted by molar-refractivity contribution is 5.90. The van der Waals surface area contributed by atoms with E-state index >= 15 is 0 Å². The Morgan fingerprint density at radius 3 is 1.21 bits per heavy atom. The zero-order valence-electron chi connectivity index (χ0n) is 33.6. The Labute approximate surface area is 360 Å². The minimum Gasteiger partial charge on any atom is -0.457 e. The van der Waals surface area contributed by atoms with Crippen LogP contribution >= 0.6 is 0 Å². The molecule has 0 radical (unpaired) electrons. The number of benzene rings is 9. The molecule has 0 saturated carbocycles. The van der Waals surface area contributed by atoms with Crippen LogP contribution in [0.1, 0.15) is 22.3 Å². The van der Waals surface area contributed by atoms with Gasteiger partial charge in [-0.05, 0) is 67.8 Å². The second kappa shape index (κ2) is 14.5. The van der Waals surface area contributed by atoms with Crippen molar-refractivity contribution in [2.75, 3.05) is 0 Å². The van der Waals surface area contributed by atoms with Crippen molar-refractivity contribution in [1.29, 1.82) is 0 Å². The van der Waals surface area contributed by atoms with Crippen LogP contribution in [0.5, 0.6) is 11.5 Å². The number of nitrogens with zero attached hydrogens (tertiary/aromatic N) is 3. The van der Waals surface area contributed by atoms with Crippen LogP contribution < -0.4 is 4.74 Å². The van der Waals surface area contributed by atoms with Gasteiger partial charge in [0.25, 0.3) is 0 Å². The van der Waals surface area contributed by atoms with Crippen LogP contribution in [-0.2, 0) is 5.41 Å². The molecule has 10 aromatic rings. The van der Waals surface area contributed by atoms with Gasteiger partial charge < -0.3 is 4.74 Å². The maximum absolute atomic E-state index is 6.90. The first-order valence-corrected chi connectivity index (χ1v) is 21.0. The molecule has 1 aliphatic carbocycles. The van der Waals surface area contributed by atoms with Gasteiger partial charge in [0.05, 0.1) is 5.41 Å². The lowest BCUT2D eigenvalue weighted by atomic mass is 9.66. The van der Waals surface area contributed by atoms with Crippen LogP contribution in [-0.4, -0.2) is 15.0 Å². The minimum atomic E-state index is -0.528. The maximum atomic E-state index is 6.90. The summed E-state index contributed by atoms with van der Waals surface area (Å²) in [6, 6.07) is 79.0. The van der Waals surface area contributed by atoms with E-state index in [1.165, 1.54) is 22.3 Å². The van der Waals surface area contributed by atoms with Gasteiger partial charge in [-0.2, -0.15) is 0 Å². The first-order chi connectivity index (χ1) is 30.7. The Kier molecular flexibility index (Phi) is 8.36. The molecule has 9 aromatic carbocycles. The summed E-state index contributed by atoms with van der Waals surface area (Å²) in [7, 11) is 0. The fourth-order valence-electron chi connectivity index (χ4n) is 9.60. The van der Waals surface area contributed by atoms with Crippen molar-refractivity contribution in [1.82, 2.24) is 15.0 Å². The molecule has 1 aliphatic heterocycles. The van der Waals surface area contributed by atoms with Gasteiger partial charge in [-0.3, -0.25) is 0 Å². The van der Waals surface area contributed by atoms with E-state index in [-0.39, 0.29) is 0 Å². The fourth-order valence-corrected chi connectivity index (χ4v) is 9.60. The first kappa shape index (κ1) is 35.7. The summed E-state index contributed by atoms with van der Waals surface area (Å²) in [6.45, 7) is 0. The van der Waals surface area contributed by atoms with E-state index in [2.05, 4.69) is 212 Å². The van der Waals surface area contributed by atoms with E-state index in [9.17, 15) is 0 Å². The number of hydrogen-bond acceptors (Lipinski definition) is 4. The molecule has 0 bridgehead atoms. The standard InChI is InChI=1S/C58H37N3O/c1-3-15-38(16-4-1)40-27-31-42(32-28-40)55-59-56(43-33-29-41(30-34-43)39-17-5-2-6-18-39)61-57(60-55)48-22-8-7-19-45(48)44-35-36-52-54(37-44)62-53-26-14-13-25-51(53)58(52)49-23-11-9-20-46(49)47-21-10-12-24-50(47)58/h1-37H. The predicted octanol–water partition coefficient (Wildman–Crippen LogP) is 14.3. The molecule has 0 unspecified atom stereocenters. The summed E-state index contributed by atoms with van der Waals surface area (Å²) in [5.41, 5.74) is 16.1. The number of hydrogen-bond donors (Lipinski definition) is 0. The van der Waals surface area contributed by atoms with Gasteiger partial charge in [-0.25, -0.2) is 15.0 Å². The Hall–Kier alpha value is -8.21. The average molecular weight is 792 g/mol. The number of rotatable bonds is 6. The summed E-state index contributed by atoms with van der Waals surface area (Å²) >= 11 is 0. The van der Waals surface area contributed by atoms with Gasteiger partial charge in [-0.15, -0.1) is 0 Å². The van der Waals surface area contributed by atoms with Gasteiger partial charge in [0.2, 0.25) is 0 Å². The molecule has 1 spiro atoms. The third-order valence-electron chi connectivity index (χ3n) is 12.5. The van der Waals surface area contributed by atoms with Crippen LogP contribution in [0.4, 0.5) is 0 Å². The smallest absolute Gasteiger partial charge is 0.164 e. The first-order valence-electron chi connectivity index (χ1n) is 21.0. The molecule has 0 fully saturated rings. The summed E-state index contributed by atoms with van der Waals surface area (Å²) in [6.07, 6.45) is 0. The second-order valence-corrected chi connectivity index (χ2v) is 15.9. The number of fused-ring (bicyclic) bond motifs is 9. The fraction of sp³-hybridized carbons (Fsp3) is 0.0172. The normalized spacial score (nSPS) is 12.8. The molecule has 62 heavy (non-hydrogen) atoms. The van der Waals surface area contributed by atoms with Crippen molar-refractivity contribution >= 4 is 0 Å². The third-order valence-corrected chi connectivity index (χ3v) is 12.5. The molecule has 4 heteroatoms. The van der Waals surface area contributed by atoms with Gasteiger partial charge in [-0.1, -0.05) is 212 Å². The summed E-state index contributed by atoms with van der Waals surface area (Å²) < 4.78 is 6.90. The van der Waals surface area contributed by atoms with E-state index in [1.807, 2.05) is 12.1 Å². The average Bonchev–Trinajstić information content (AvgIpc) is 3.65. The van der Waals surface area contributed by atoms with Gasteiger partial charge >= 0.3 is 0 Å². The molecule has 2 heterocycles. The number of ether oxygens (including phenoxy) is 1. The molecule has 1 aromatic heterocycles. The van der Waals surface area contributed by atoms with E-state index in [1.54, 1.807) is 0 Å². The number of aromatic nitrogens is 3. The highest BCUT2D eigenvalue weighted by Crippen LogP contribution is 2.62. The van der Waals surface area contributed by atoms with Crippen LogP contribution in [0.25, 0.3) is 78.7 Å². The second-order valence-electron chi connectivity index (χ2n) is 15.9. The molecule has 0 N–H and O–H groups in total. The molecule has 4 nitrogen and oxygen atoms in total. The van der Waals surface area contributed by atoms with Crippen molar-refractivity contribution in [3.05, 3.63) is 247 Å². The zero-order valence-corrected chi connectivity index (χ0v) is 33.6. The maximum Gasteiger partial charge on any atom is 0.164 e. The molecule has 12 rings (SSSR count). The largest absolute Gasteiger partial charge is 0.457 e. The summed E-state index contributed by atoms with van der Waals surface area (Å²) in [4.78, 5) is 15.6. The van der Waals surface area contributed by atoms with E-state index < -0.39 is 5.41 Å². The lowest BCUT2D eigenvalue weighted by Gasteiger charge is -2.39. The lowest BCUT2D eigenvalue weighted by Crippen LogP contribution is -2.32. The molecule has 0 saturated heterocycles. The van der Waals surface area contributed by atoms with Crippen LogP contribution in [0, 0.1) is 0 Å². The minimum absolute atomic E-state index is 0.528. The monoisotopic (exact) mass is 791 g/mol. The Morgan fingerprint density at radius 1 is 0.258 bits per heavy atom. The lowest BCUT2D eigenvalue weighted by molar-refractivity contribution is 0.436. The van der Waals surface area contributed by atoms with E-state index in [0.29, 0.717) is 17.5 Å². The van der Waals surface area contributed by atoms with Crippen LogP contribution in [0.2, 0.25) is 0 Å². The molecular formula is C58H37N3O.